The van der Waals surface area contributed by atoms with Crippen LogP contribution in [0, 0.1) is 6.92 Å². The van der Waals surface area contributed by atoms with Crippen LogP contribution in [0.5, 0.6) is 5.88 Å². The van der Waals surface area contributed by atoms with Gasteiger partial charge in [0.15, 0.2) is 0 Å². The van der Waals surface area contributed by atoms with Gasteiger partial charge >= 0.3 is 0 Å². The summed E-state index contributed by atoms with van der Waals surface area (Å²) in [5, 5.41) is 12.1. The van der Waals surface area contributed by atoms with E-state index in [4.69, 9.17) is 16.3 Å². The second kappa shape index (κ2) is 10.7. The summed E-state index contributed by atoms with van der Waals surface area (Å²) in [6, 6.07) is 26.8. The van der Waals surface area contributed by atoms with E-state index < -0.39 is 0 Å². The van der Waals surface area contributed by atoms with Crippen LogP contribution in [0.4, 0.5) is 0 Å². The Morgan fingerprint density at radius 1 is 0.848 bits per heavy atom. The molecule has 4 rings (SSSR count). The van der Waals surface area contributed by atoms with Gasteiger partial charge in [-0.2, -0.15) is 0 Å². The highest BCUT2D eigenvalue weighted by atomic mass is 35.5. The first-order valence-electron chi connectivity index (χ1n) is 10.7. The maximum atomic E-state index is 12.4. The molecule has 5 nitrogen and oxygen atoms in total. The highest BCUT2D eigenvalue weighted by Gasteiger charge is 2.07. The molecule has 0 aliphatic rings. The third kappa shape index (κ3) is 6.40. The molecule has 0 saturated heterocycles. The van der Waals surface area contributed by atoms with Crippen LogP contribution in [0.2, 0.25) is 5.02 Å². The Balaban J connectivity index is 1.29. The van der Waals surface area contributed by atoms with Gasteiger partial charge < -0.3 is 10.1 Å². The molecule has 0 atom stereocenters. The number of amides is 1. The van der Waals surface area contributed by atoms with Gasteiger partial charge in [-0.3, -0.25) is 4.79 Å². The number of aromatic nitrogens is 2. The summed E-state index contributed by atoms with van der Waals surface area (Å²) < 4.78 is 5.69. The van der Waals surface area contributed by atoms with Gasteiger partial charge in [0.2, 0.25) is 5.88 Å². The molecule has 0 fully saturated rings. The molecule has 0 spiro atoms. The zero-order valence-electron chi connectivity index (χ0n) is 18.3. The molecular weight excluding hydrogens is 434 g/mol. The van der Waals surface area contributed by atoms with E-state index in [9.17, 15) is 4.79 Å². The molecule has 0 saturated carbocycles. The highest BCUT2D eigenvalue weighted by molar-refractivity contribution is 6.30. The quantitative estimate of drug-likeness (QED) is 0.371. The number of carbonyl (C=O) groups is 1. The fraction of sp³-hybridized carbons (Fsp3) is 0.148. The zero-order valence-corrected chi connectivity index (χ0v) is 19.0. The summed E-state index contributed by atoms with van der Waals surface area (Å²) in [6.45, 7) is 3.03. The summed E-state index contributed by atoms with van der Waals surface area (Å²) in [6.07, 6.45) is 0.758. The molecule has 166 valence electrons. The maximum Gasteiger partial charge on any atom is 0.251 e. The van der Waals surface area contributed by atoms with Gasteiger partial charge in [-0.1, -0.05) is 65.7 Å². The van der Waals surface area contributed by atoms with Gasteiger partial charge in [0, 0.05) is 35.2 Å². The lowest BCUT2D eigenvalue weighted by Crippen LogP contribution is -2.22. The van der Waals surface area contributed by atoms with Crippen molar-refractivity contribution in [3.8, 4) is 17.1 Å². The first kappa shape index (κ1) is 22.5. The Morgan fingerprint density at radius 2 is 1.55 bits per heavy atom. The van der Waals surface area contributed by atoms with E-state index in [2.05, 4.69) is 15.5 Å². The average Bonchev–Trinajstić information content (AvgIpc) is 2.85. The van der Waals surface area contributed by atoms with Crippen molar-refractivity contribution in [3.63, 3.8) is 0 Å². The minimum atomic E-state index is -0.113. The number of aryl methyl sites for hydroxylation is 1. The lowest BCUT2D eigenvalue weighted by atomic mass is 10.1. The lowest BCUT2D eigenvalue weighted by Gasteiger charge is -2.08. The van der Waals surface area contributed by atoms with Crippen molar-refractivity contribution < 1.29 is 9.53 Å². The lowest BCUT2D eigenvalue weighted by molar-refractivity contribution is 0.0951. The molecule has 0 aliphatic carbocycles. The monoisotopic (exact) mass is 457 g/mol. The minimum absolute atomic E-state index is 0.113. The fourth-order valence-corrected chi connectivity index (χ4v) is 3.38. The molecule has 6 heteroatoms. The van der Waals surface area contributed by atoms with E-state index in [-0.39, 0.29) is 5.91 Å². The van der Waals surface area contributed by atoms with E-state index in [1.54, 1.807) is 18.2 Å². The number of hydrogen-bond acceptors (Lipinski definition) is 4. The van der Waals surface area contributed by atoms with Crippen LogP contribution < -0.4 is 10.1 Å². The largest absolute Gasteiger partial charge is 0.476 e. The normalized spacial score (nSPS) is 10.6. The SMILES string of the molecule is Cc1ccc(CNC(=O)c2ccc(-c3ccc(OCCc4ccc(Cl)cc4)nn3)cc2)cc1. The van der Waals surface area contributed by atoms with Crippen molar-refractivity contribution in [1.29, 1.82) is 0 Å². The summed E-state index contributed by atoms with van der Waals surface area (Å²) in [5.41, 5.74) is 5.60. The Kier molecular flexibility index (Phi) is 7.33. The van der Waals surface area contributed by atoms with Gasteiger partial charge in [0.1, 0.15) is 0 Å². The molecular formula is C27H24ClN3O2. The summed E-state index contributed by atoms with van der Waals surface area (Å²) in [7, 11) is 0. The molecule has 1 heterocycles. The highest BCUT2D eigenvalue weighted by Crippen LogP contribution is 2.19. The van der Waals surface area contributed by atoms with Crippen LogP contribution in [0.1, 0.15) is 27.0 Å². The third-order valence-electron chi connectivity index (χ3n) is 5.21. The second-order valence-corrected chi connectivity index (χ2v) is 8.16. The predicted molar refractivity (Wildman–Crippen MR) is 130 cm³/mol. The topological polar surface area (TPSA) is 64.1 Å². The van der Waals surface area contributed by atoms with Gasteiger partial charge in [-0.05, 0) is 48.4 Å². The number of hydrogen-bond donors (Lipinski definition) is 1. The van der Waals surface area contributed by atoms with Crippen molar-refractivity contribution in [3.05, 3.63) is 112 Å². The molecule has 0 bridgehead atoms. The Bertz CT molecular complexity index is 1190. The molecule has 1 N–H and O–H groups in total. The average molecular weight is 458 g/mol. The Morgan fingerprint density at radius 3 is 2.21 bits per heavy atom. The smallest absolute Gasteiger partial charge is 0.251 e. The van der Waals surface area contributed by atoms with Crippen LogP contribution >= 0.6 is 11.6 Å². The van der Waals surface area contributed by atoms with Crippen LogP contribution in [0.25, 0.3) is 11.3 Å². The molecule has 1 aromatic heterocycles. The van der Waals surface area contributed by atoms with Crippen molar-refractivity contribution in [2.75, 3.05) is 6.61 Å². The third-order valence-corrected chi connectivity index (χ3v) is 5.46. The molecule has 33 heavy (non-hydrogen) atoms. The second-order valence-electron chi connectivity index (χ2n) is 7.73. The van der Waals surface area contributed by atoms with Crippen LogP contribution in [-0.4, -0.2) is 22.7 Å². The number of halogens is 1. The Labute approximate surface area is 198 Å². The molecule has 0 radical (unpaired) electrons. The Hall–Kier alpha value is -3.70. The van der Waals surface area contributed by atoms with Crippen LogP contribution in [0.3, 0.4) is 0 Å². The molecule has 4 aromatic rings. The first-order valence-corrected chi connectivity index (χ1v) is 11.1. The summed E-state index contributed by atoms with van der Waals surface area (Å²) in [4.78, 5) is 12.4. The maximum absolute atomic E-state index is 12.4. The number of carbonyl (C=O) groups excluding carboxylic acids is 1. The zero-order chi connectivity index (χ0) is 23.0. The first-order chi connectivity index (χ1) is 16.1. The van der Waals surface area contributed by atoms with E-state index in [1.165, 1.54) is 5.56 Å². The van der Waals surface area contributed by atoms with Crippen molar-refractivity contribution in [2.45, 2.75) is 19.9 Å². The number of ether oxygens (including phenoxy) is 1. The van der Waals surface area contributed by atoms with Gasteiger partial charge in [0.05, 0.1) is 12.3 Å². The van der Waals surface area contributed by atoms with Crippen molar-refractivity contribution in [1.82, 2.24) is 15.5 Å². The fourth-order valence-electron chi connectivity index (χ4n) is 3.26. The number of nitrogens with zero attached hydrogens (tertiary/aromatic N) is 2. The number of rotatable bonds is 8. The molecule has 1 amide bonds. The van der Waals surface area contributed by atoms with Gasteiger partial charge in [0.25, 0.3) is 5.91 Å². The van der Waals surface area contributed by atoms with Crippen LogP contribution in [0.15, 0.2) is 84.9 Å². The van der Waals surface area contributed by atoms with Gasteiger partial charge in [-0.15, -0.1) is 10.2 Å². The van der Waals surface area contributed by atoms with Crippen molar-refractivity contribution >= 4 is 17.5 Å². The summed E-state index contributed by atoms with van der Waals surface area (Å²) >= 11 is 5.90. The van der Waals surface area contributed by atoms with E-state index in [0.717, 1.165) is 28.1 Å². The predicted octanol–water partition coefficient (Wildman–Crippen LogP) is 5.66. The van der Waals surface area contributed by atoms with Crippen LogP contribution in [-0.2, 0) is 13.0 Å². The standard InChI is InChI=1S/C27H24ClN3O2/c1-19-2-4-21(5-3-19)18-29-27(32)23-10-8-22(9-11-23)25-14-15-26(31-30-25)33-17-16-20-6-12-24(28)13-7-20/h2-15H,16-18H2,1H3,(H,29,32). The van der Waals surface area contributed by atoms with E-state index >= 15 is 0 Å². The molecule has 0 aliphatic heterocycles. The summed E-state index contributed by atoms with van der Waals surface area (Å²) in [5.74, 6) is 0.359. The van der Waals surface area contributed by atoms with Crippen molar-refractivity contribution in [2.24, 2.45) is 0 Å². The molecule has 0 unspecified atom stereocenters. The molecule has 3 aromatic carbocycles. The van der Waals surface area contributed by atoms with E-state index in [0.29, 0.717) is 30.3 Å². The number of nitrogens with one attached hydrogen (secondary N) is 1. The van der Waals surface area contributed by atoms with E-state index in [1.807, 2.05) is 73.7 Å². The minimum Gasteiger partial charge on any atom is -0.476 e. The number of benzene rings is 3. The van der Waals surface area contributed by atoms with Gasteiger partial charge in [-0.25, -0.2) is 0 Å².